The number of hydrogen-bond donors (Lipinski definition) is 1. The fourth-order valence-corrected chi connectivity index (χ4v) is 2.32. The van der Waals surface area contributed by atoms with Gasteiger partial charge >= 0.3 is 0 Å². The first kappa shape index (κ1) is 12.6. The van der Waals surface area contributed by atoms with Gasteiger partial charge in [0.1, 0.15) is 6.04 Å². The molecule has 0 radical (unpaired) electrons. The average molecular weight is 283 g/mol. The first-order valence-corrected chi connectivity index (χ1v) is 6.75. The molecule has 1 aromatic rings. The zero-order valence-electron chi connectivity index (χ0n) is 10.4. The lowest BCUT2D eigenvalue weighted by Gasteiger charge is -2.35. The van der Waals surface area contributed by atoms with Gasteiger partial charge < -0.3 is 15.0 Å². The second kappa shape index (κ2) is 5.30. The first-order chi connectivity index (χ1) is 9.25. The van der Waals surface area contributed by atoms with Crippen LogP contribution in [0, 0.1) is 0 Å². The van der Waals surface area contributed by atoms with Crippen molar-refractivity contribution in [2.75, 3.05) is 24.7 Å². The van der Waals surface area contributed by atoms with Crippen LogP contribution in [0.5, 0.6) is 0 Å². The molecular formula is C12H15ClN4O2. The van der Waals surface area contributed by atoms with Crippen LogP contribution in [-0.2, 0) is 9.53 Å². The molecule has 6 nitrogen and oxygen atoms in total. The van der Waals surface area contributed by atoms with Crippen LogP contribution in [0.2, 0.25) is 5.15 Å². The highest BCUT2D eigenvalue weighted by atomic mass is 35.5. The summed E-state index contributed by atoms with van der Waals surface area (Å²) in [5.41, 5.74) is 0. The van der Waals surface area contributed by atoms with Crippen molar-refractivity contribution in [3.05, 3.63) is 17.5 Å². The van der Waals surface area contributed by atoms with Crippen molar-refractivity contribution >= 4 is 23.3 Å². The summed E-state index contributed by atoms with van der Waals surface area (Å²) in [6.07, 6.45) is 5.23. The maximum atomic E-state index is 12.2. The molecule has 1 aliphatic heterocycles. The van der Waals surface area contributed by atoms with Crippen LogP contribution in [-0.4, -0.2) is 47.7 Å². The number of anilines is 1. The molecule has 1 aromatic heterocycles. The molecule has 1 unspecified atom stereocenters. The van der Waals surface area contributed by atoms with Crippen LogP contribution in [0.3, 0.4) is 0 Å². The van der Waals surface area contributed by atoms with E-state index in [1.807, 2.05) is 4.90 Å². The number of nitrogens with one attached hydrogen (secondary N) is 1. The number of hydrogen-bond acceptors (Lipinski definition) is 5. The molecule has 2 aliphatic rings. The fourth-order valence-electron chi connectivity index (χ4n) is 2.11. The molecule has 3 rings (SSSR count). The van der Waals surface area contributed by atoms with E-state index in [1.165, 1.54) is 6.20 Å². The van der Waals surface area contributed by atoms with Gasteiger partial charge in [0.15, 0.2) is 11.0 Å². The van der Waals surface area contributed by atoms with E-state index in [2.05, 4.69) is 15.3 Å². The van der Waals surface area contributed by atoms with Crippen molar-refractivity contribution in [2.24, 2.45) is 0 Å². The Labute approximate surface area is 116 Å². The fraction of sp³-hybridized carbons (Fsp3) is 0.583. The van der Waals surface area contributed by atoms with Gasteiger partial charge in [-0.2, -0.15) is 0 Å². The van der Waals surface area contributed by atoms with E-state index in [1.54, 1.807) is 6.20 Å². The Bertz CT molecular complexity index is 481. The highest BCUT2D eigenvalue weighted by Crippen LogP contribution is 2.25. The summed E-state index contributed by atoms with van der Waals surface area (Å²) < 4.78 is 5.40. The molecule has 0 aromatic carbocycles. The lowest BCUT2D eigenvalue weighted by Crippen LogP contribution is -2.54. The number of carbonyl (C=O) groups excluding carboxylic acids is 1. The number of amides is 1. The number of nitrogens with zero attached hydrogens (tertiary/aromatic N) is 3. The van der Waals surface area contributed by atoms with Crippen molar-refractivity contribution in [1.29, 1.82) is 0 Å². The zero-order valence-corrected chi connectivity index (χ0v) is 11.1. The molecule has 1 N–H and O–H groups in total. The third-order valence-corrected chi connectivity index (χ3v) is 3.53. The van der Waals surface area contributed by atoms with Crippen LogP contribution in [0.4, 0.5) is 5.82 Å². The topological polar surface area (TPSA) is 67.3 Å². The Morgan fingerprint density at radius 1 is 1.42 bits per heavy atom. The Morgan fingerprint density at radius 2 is 2.21 bits per heavy atom. The number of carbonyl (C=O) groups is 1. The maximum absolute atomic E-state index is 12.2. The largest absolute Gasteiger partial charge is 0.377 e. The summed E-state index contributed by atoms with van der Waals surface area (Å²) >= 11 is 6.06. The molecule has 1 saturated heterocycles. The Balaban J connectivity index is 1.80. The van der Waals surface area contributed by atoms with Gasteiger partial charge in [-0.1, -0.05) is 11.6 Å². The summed E-state index contributed by atoms with van der Waals surface area (Å²) in [4.78, 5) is 22.3. The van der Waals surface area contributed by atoms with Gasteiger partial charge in [-0.05, 0) is 12.8 Å². The molecule has 2 fully saturated rings. The Hall–Kier alpha value is -1.40. The minimum Gasteiger partial charge on any atom is -0.377 e. The van der Waals surface area contributed by atoms with E-state index >= 15 is 0 Å². The Morgan fingerprint density at radius 3 is 2.95 bits per heavy atom. The van der Waals surface area contributed by atoms with Crippen LogP contribution in [0.15, 0.2) is 12.4 Å². The summed E-state index contributed by atoms with van der Waals surface area (Å²) in [5, 5.41) is 3.30. The lowest BCUT2D eigenvalue weighted by molar-refractivity contribution is -0.124. The van der Waals surface area contributed by atoms with Crippen molar-refractivity contribution in [3.63, 3.8) is 0 Å². The number of rotatable bonds is 3. The van der Waals surface area contributed by atoms with Crippen molar-refractivity contribution in [3.8, 4) is 0 Å². The monoisotopic (exact) mass is 282 g/mol. The van der Waals surface area contributed by atoms with Crippen LogP contribution in [0.25, 0.3) is 0 Å². The minimum absolute atomic E-state index is 0.0241. The van der Waals surface area contributed by atoms with Crippen LogP contribution in [0.1, 0.15) is 12.8 Å². The summed E-state index contributed by atoms with van der Waals surface area (Å²) in [6, 6.07) is -0.0582. The second-order valence-corrected chi connectivity index (χ2v) is 5.10. The quantitative estimate of drug-likeness (QED) is 0.880. The predicted molar refractivity (Wildman–Crippen MR) is 70.2 cm³/mol. The minimum atomic E-state index is -0.386. The SMILES string of the molecule is O=C(NC1CC1)C1COCCN1c1nccnc1Cl. The molecule has 2 heterocycles. The van der Waals surface area contributed by atoms with E-state index < -0.39 is 0 Å². The number of aromatic nitrogens is 2. The lowest BCUT2D eigenvalue weighted by atomic mass is 10.2. The molecule has 0 spiro atoms. The molecule has 0 bridgehead atoms. The van der Waals surface area contributed by atoms with Crippen molar-refractivity contribution in [2.45, 2.75) is 24.9 Å². The standard InChI is InChI=1S/C12H15ClN4O2/c13-10-11(15-4-3-14-10)17-5-6-19-7-9(17)12(18)16-8-1-2-8/h3-4,8-9H,1-2,5-7H2,(H,16,18). The molecule has 1 amide bonds. The summed E-state index contributed by atoms with van der Waals surface area (Å²) in [5.74, 6) is 0.521. The van der Waals surface area contributed by atoms with Gasteiger partial charge in [0.25, 0.3) is 0 Å². The average Bonchev–Trinajstić information content (AvgIpc) is 3.23. The van der Waals surface area contributed by atoms with Crippen molar-refractivity contribution in [1.82, 2.24) is 15.3 Å². The summed E-state index contributed by atoms with van der Waals surface area (Å²) in [6.45, 7) is 1.49. The van der Waals surface area contributed by atoms with E-state index in [0.29, 0.717) is 36.8 Å². The van der Waals surface area contributed by atoms with Crippen LogP contribution >= 0.6 is 11.6 Å². The number of morpholine rings is 1. The highest BCUT2D eigenvalue weighted by Gasteiger charge is 2.34. The van der Waals surface area contributed by atoms with E-state index in [0.717, 1.165) is 12.8 Å². The van der Waals surface area contributed by atoms with E-state index in [9.17, 15) is 4.79 Å². The molecule has 19 heavy (non-hydrogen) atoms. The number of ether oxygens (including phenoxy) is 1. The molecule has 1 aliphatic carbocycles. The van der Waals surface area contributed by atoms with Gasteiger partial charge in [-0.15, -0.1) is 0 Å². The number of halogens is 1. The molecular weight excluding hydrogens is 268 g/mol. The smallest absolute Gasteiger partial charge is 0.245 e. The van der Waals surface area contributed by atoms with Crippen LogP contribution < -0.4 is 10.2 Å². The second-order valence-electron chi connectivity index (χ2n) is 4.74. The molecule has 102 valence electrons. The van der Waals surface area contributed by atoms with Gasteiger partial charge in [0.2, 0.25) is 5.91 Å². The third kappa shape index (κ3) is 2.79. The molecule has 7 heteroatoms. The predicted octanol–water partition coefficient (Wildman–Crippen LogP) is 0.614. The molecule has 1 atom stereocenters. The van der Waals surface area contributed by atoms with Gasteiger partial charge in [-0.3, -0.25) is 4.79 Å². The third-order valence-electron chi connectivity index (χ3n) is 3.26. The zero-order chi connectivity index (χ0) is 13.2. The van der Waals surface area contributed by atoms with E-state index in [-0.39, 0.29) is 11.9 Å². The normalized spacial score (nSPS) is 23.2. The highest BCUT2D eigenvalue weighted by molar-refractivity contribution is 6.31. The van der Waals surface area contributed by atoms with E-state index in [4.69, 9.17) is 16.3 Å². The van der Waals surface area contributed by atoms with Gasteiger partial charge in [0.05, 0.1) is 13.2 Å². The first-order valence-electron chi connectivity index (χ1n) is 6.37. The van der Waals surface area contributed by atoms with Gasteiger partial charge in [0, 0.05) is 25.0 Å². The molecule has 1 saturated carbocycles. The van der Waals surface area contributed by atoms with Crippen molar-refractivity contribution < 1.29 is 9.53 Å². The maximum Gasteiger partial charge on any atom is 0.245 e. The Kier molecular flexibility index (Phi) is 3.52. The van der Waals surface area contributed by atoms with Gasteiger partial charge in [-0.25, -0.2) is 9.97 Å². The summed E-state index contributed by atoms with van der Waals surface area (Å²) in [7, 11) is 0.